The zero-order valence-corrected chi connectivity index (χ0v) is 10.7. The van der Waals surface area contributed by atoms with E-state index in [4.69, 9.17) is 5.11 Å². The molecule has 0 bridgehead atoms. The first-order chi connectivity index (χ1) is 9.52. The summed E-state index contributed by atoms with van der Waals surface area (Å²) in [6, 6.07) is 2.80. The van der Waals surface area contributed by atoms with Crippen LogP contribution in [-0.4, -0.2) is 59.5 Å². The van der Waals surface area contributed by atoms with Gasteiger partial charge in [0.1, 0.15) is 18.2 Å². The Kier molecular flexibility index (Phi) is 4.29. The van der Waals surface area contributed by atoms with E-state index in [1.807, 2.05) is 0 Å². The molecule has 1 aliphatic heterocycles. The van der Waals surface area contributed by atoms with Crippen LogP contribution in [0.2, 0.25) is 0 Å². The van der Waals surface area contributed by atoms with Gasteiger partial charge < -0.3 is 14.9 Å². The topological polar surface area (TPSA) is 60.9 Å². The zero-order chi connectivity index (χ0) is 14.7. The third kappa shape index (κ3) is 2.93. The first-order valence-corrected chi connectivity index (χ1v) is 6.16. The van der Waals surface area contributed by atoms with Crippen LogP contribution in [0.4, 0.5) is 8.78 Å². The third-order valence-corrected chi connectivity index (χ3v) is 3.22. The highest BCUT2D eigenvalue weighted by atomic mass is 19.1. The fraction of sp³-hybridized carbons (Fsp3) is 0.385. The number of hydrogen-bond donors (Lipinski definition) is 1. The average Bonchev–Trinajstić information content (AvgIpc) is 2.46. The molecule has 0 atom stereocenters. The maximum absolute atomic E-state index is 13.5. The van der Waals surface area contributed by atoms with Crippen LogP contribution in [0.1, 0.15) is 10.4 Å². The van der Waals surface area contributed by atoms with Gasteiger partial charge in [0.25, 0.3) is 5.91 Å². The molecule has 1 heterocycles. The second-order valence-corrected chi connectivity index (χ2v) is 4.46. The molecule has 2 amide bonds. The minimum absolute atomic E-state index is 0.187. The molecule has 0 aliphatic carbocycles. The van der Waals surface area contributed by atoms with Crippen molar-refractivity contribution >= 4 is 11.8 Å². The molecular weight excluding hydrogens is 270 g/mol. The summed E-state index contributed by atoms with van der Waals surface area (Å²) in [5, 5.41) is 8.75. The summed E-state index contributed by atoms with van der Waals surface area (Å²) in [6.45, 7) is 0.505. The monoisotopic (exact) mass is 284 g/mol. The van der Waals surface area contributed by atoms with E-state index in [0.717, 1.165) is 12.1 Å². The number of nitrogens with zero attached hydrogens (tertiary/aromatic N) is 2. The van der Waals surface area contributed by atoms with E-state index in [0.29, 0.717) is 6.07 Å². The molecule has 2 rings (SSSR count). The Bertz CT molecular complexity index is 528. The summed E-state index contributed by atoms with van der Waals surface area (Å²) < 4.78 is 26.3. The molecule has 0 unspecified atom stereocenters. The maximum atomic E-state index is 13.5. The van der Waals surface area contributed by atoms with Gasteiger partial charge in [0.05, 0.1) is 5.56 Å². The largest absolute Gasteiger partial charge is 0.387 e. The van der Waals surface area contributed by atoms with Crippen molar-refractivity contribution in [1.29, 1.82) is 0 Å². The lowest BCUT2D eigenvalue weighted by atomic mass is 10.1. The summed E-state index contributed by atoms with van der Waals surface area (Å²) in [6.07, 6.45) is 0. The number of rotatable bonds is 2. The molecule has 108 valence electrons. The van der Waals surface area contributed by atoms with Crippen molar-refractivity contribution in [3.63, 3.8) is 0 Å². The average molecular weight is 284 g/mol. The second kappa shape index (κ2) is 5.96. The number of aliphatic hydroxyl groups excluding tert-OH is 1. The maximum Gasteiger partial charge on any atom is 0.256 e. The standard InChI is InChI=1S/C13H14F2N2O3/c14-9-1-2-10(11(15)7-9)13(20)17-5-3-16(4-6-17)12(19)8-18/h1-2,7,18H,3-6,8H2. The summed E-state index contributed by atoms with van der Waals surface area (Å²) in [5.41, 5.74) is -0.187. The van der Waals surface area contributed by atoms with E-state index in [9.17, 15) is 18.4 Å². The van der Waals surface area contributed by atoms with Crippen LogP contribution in [0.5, 0.6) is 0 Å². The molecule has 1 fully saturated rings. The highest BCUT2D eigenvalue weighted by Crippen LogP contribution is 2.14. The van der Waals surface area contributed by atoms with Crippen LogP contribution in [-0.2, 0) is 4.79 Å². The van der Waals surface area contributed by atoms with Crippen LogP contribution in [0.15, 0.2) is 18.2 Å². The molecular formula is C13H14F2N2O3. The van der Waals surface area contributed by atoms with Crippen molar-refractivity contribution in [3.8, 4) is 0 Å². The molecule has 1 N–H and O–H groups in total. The number of aliphatic hydroxyl groups is 1. The van der Waals surface area contributed by atoms with Gasteiger partial charge in [-0.15, -0.1) is 0 Å². The van der Waals surface area contributed by atoms with Gasteiger partial charge in [-0.05, 0) is 12.1 Å². The van der Waals surface area contributed by atoms with E-state index < -0.39 is 30.1 Å². The van der Waals surface area contributed by atoms with Crippen molar-refractivity contribution in [2.75, 3.05) is 32.8 Å². The van der Waals surface area contributed by atoms with Crippen molar-refractivity contribution < 1.29 is 23.5 Å². The Morgan fingerprint density at radius 1 is 1.10 bits per heavy atom. The highest BCUT2D eigenvalue weighted by Gasteiger charge is 2.25. The lowest BCUT2D eigenvalue weighted by Gasteiger charge is -2.34. The van der Waals surface area contributed by atoms with Crippen LogP contribution >= 0.6 is 0 Å². The second-order valence-electron chi connectivity index (χ2n) is 4.46. The van der Waals surface area contributed by atoms with E-state index in [1.54, 1.807) is 0 Å². The summed E-state index contributed by atoms with van der Waals surface area (Å²) in [5.74, 6) is -2.56. The number of carbonyl (C=O) groups is 2. The van der Waals surface area contributed by atoms with Crippen LogP contribution in [0, 0.1) is 11.6 Å². The predicted molar refractivity (Wildman–Crippen MR) is 65.9 cm³/mol. The molecule has 1 saturated heterocycles. The number of carbonyl (C=O) groups excluding carboxylic acids is 2. The summed E-state index contributed by atoms with van der Waals surface area (Å²) in [7, 11) is 0. The first kappa shape index (κ1) is 14.4. The first-order valence-electron chi connectivity index (χ1n) is 6.16. The van der Waals surface area contributed by atoms with Gasteiger partial charge in [-0.3, -0.25) is 9.59 Å². The van der Waals surface area contributed by atoms with Crippen LogP contribution < -0.4 is 0 Å². The van der Waals surface area contributed by atoms with Gasteiger partial charge >= 0.3 is 0 Å². The van der Waals surface area contributed by atoms with Gasteiger partial charge in [0.2, 0.25) is 5.91 Å². The van der Waals surface area contributed by atoms with E-state index in [-0.39, 0.29) is 31.7 Å². The van der Waals surface area contributed by atoms with E-state index in [2.05, 4.69) is 0 Å². The Morgan fingerprint density at radius 3 is 2.25 bits per heavy atom. The van der Waals surface area contributed by atoms with Gasteiger partial charge in [0.15, 0.2) is 0 Å². The molecule has 1 aliphatic rings. The van der Waals surface area contributed by atoms with E-state index in [1.165, 1.54) is 9.80 Å². The third-order valence-electron chi connectivity index (χ3n) is 3.22. The molecule has 0 spiro atoms. The fourth-order valence-corrected chi connectivity index (χ4v) is 2.09. The summed E-state index contributed by atoms with van der Waals surface area (Å²) in [4.78, 5) is 26.2. The van der Waals surface area contributed by atoms with Crippen molar-refractivity contribution in [3.05, 3.63) is 35.4 Å². The molecule has 1 aromatic rings. The van der Waals surface area contributed by atoms with Gasteiger partial charge in [-0.2, -0.15) is 0 Å². The summed E-state index contributed by atoms with van der Waals surface area (Å²) >= 11 is 0. The molecule has 20 heavy (non-hydrogen) atoms. The SMILES string of the molecule is O=C(CO)N1CCN(C(=O)c2ccc(F)cc2F)CC1. The minimum Gasteiger partial charge on any atom is -0.387 e. The normalized spacial score (nSPS) is 15.3. The molecule has 7 heteroatoms. The Hall–Kier alpha value is -2.02. The molecule has 5 nitrogen and oxygen atoms in total. The lowest BCUT2D eigenvalue weighted by molar-refractivity contribution is -0.135. The van der Waals surface area contributed by atoms with Crippen LogP contribution in [0.25, 0.3) is 0 Å². The quantitative estimate of drug-likeness (QED) is 0.846. The Labute approximate surface area is 114 Å². The predicted octanol–water partition coefficient (Wildman–Crippen LogP) is 0.242. The van der Waals surface area contributed by atoms with Gasteiger partial charge in [-0.1, -0.05) is 0 Å². The van der Waals surface area contributed by atoms with E-state index >= 15 is 0 Å². The Balaban J connectivity index is 2.03. The van der Waals surface area contributed by atoms with Gasteiger partial charge in [0, 0.05) is 32.2 Å². The van der Waals surface area contributed by atoms with Crippen molar-refractivity contribution in [2.24, 2.45) is 0 Å². The zero-order valence-electron chi connectivity index (χ0n) is 10.7. The Morgan fingerprint density at radius 2 is 1.70 bits per heavy atom. The fourth-order valence-electron chi connectivity index (χ4n) is 2.09. The number of amides is 2. The molecule has 0 aromatic heterocycles. The van der Waals surface area contributed by atoms with Crippen molar-refractivity contribution in [2.45, 2.75) is 0 Å². The number of piperazine rings is 1. The number of hydrogen-bond acceptors (Lipinski definition) is 3. The van der Waals surface area contributed by atoms with Gasteiger partial charge in [-0.25, -0.2) is 8.78 Å². The number of benzene rings is 1. The highest BCUT2D eigenvalue weighted by molar-refractivity contribution is 5.94. The lowest BCUT2D eigenvalue weighted by Crippen LogP contribution is -2.51. The smallest absolute Gasteiger partial charge is 0.256 e. The van der Waals surface area contributed by atoms with Crippen LogP contribution in [0.3, 0.4) is 0 Å². The molecule has 1 aromatic carbocycles. The minimum atomic E-state index is -0.899. The molecule has 0 radical (unpaired) electrons. The number of halogens is 2. The van der Waals surface area contributed by atoms with Crippen molar-refractivity contribution in [1.82, 2.24) is 9.80 Å². The molecule has 0 saturated carbocycles.